The van der Waals surface area contributed by atoms with Crippen molar-refractivity contribution in [3.05, 3.63) is 12.4 Å². The van der Waals surface area contributed by atoms with Gasteiger partial charge in [-0.2, -0.15) is 0 Å². The Morgan fingerprint density at radius 3 is 3.00 bits per heavy atom. The van der Waals surface area contributed by atoms with Crippen molar-refractivity contribution in [2.45, 2.75) is 43.5 Å². The van der Waals surface area contributed by atoms with Crippen molar-refractivity contribution in [1.29, 1.82) is 0 Å². The lowest BCUT2D eigenvalue weighted by atomic mass is 9.92. The first kappa shape index (κ1) is 9.13. The van der Waals surface area contributed by atoms with E-state index < -0.39 is 0 Å². The van der Waals surface area contributed by atoms with E-state index in [0.717, 1.165) is 10.4 Å². The smallest absolute Gasteiger partial charge is 0.165 e. The molecule has 1 heterocycles. The Morgan fingerprint density at radius 2 is 2.46 bits per heavy atom. The van der Waals surface area contributed by atoms with Gasteiger partial charge in [-0.05, 0) is 18.3 Å². The molecule has 0 amide bonds. The van der Waals surface area contributed by atoms with Crippen molar-refractivity contribution in [2.24, 2.45) is 5.41 Å². The molecule has 0 saturated heterocycles. The first-order chi connectivity index (χ1) is 6.18. The van der Waals surface area contributed by atoms with E-state index in [4.69, 9.17) is 0 Å². The van der Waals surface area contributed by atoms with Gasteiger partial charge in [-0.1, -0.05) is 32.0 Å². The van der Waals surface area contributed by atoms with Gasteiger partial charge in [0.1, 0.15) is 0 Å². The van der Waals surface area contributed by atoms with Crippen LogP contribution in [0.25, 0.3) is 0 Å². The van der Waals surface area contributed by atoms with Gasteiger partial charge < -0.3 is 4.98 Å². The van der Waals surface area contributed by atoms with E-state index in [-0.39, 0.29) is 0 Å². The van der Waals surface area contributed by atoms with Gasteiger partial charge in [0.15, 0.2) is 5.16 Å². The van der Waals surface area contributed by atoms with Gasteiger partial charge in [0, 0.05) is 17.6 Å². The minimum Gasteiger partial charge on any atom is -0.340 e. The lowest BCUT2D eigenvalue weighted by molar-refractivity contribution is 0.392. The molecule has 1 atom stereocenters. The van der Waals surface area contributed by atoms with E-state index in [1.807, 2.05) is 24.2 Å². The highest BCUT2D eigenvalue weighted by molar-refractivity contribution is 7.99. The predicted molar refractivity (Wildman–Crippen MR) is 55.9 cm³/mol. The van der Waals surface area contributed by atoms with Gasteiger partial charge in [-0.15, -0.1) is 0 Å². The minimum atomic E-state index is 0.484. The molecule has 3 heteroatoms. The largest absolute Gasteiger partial charge is 0.340 e. The highest BCUT2D eigenvalue weighted by Gasteiger charge is 2.35. The summed E-state index contributed by atoms with van der Waals surface area (Å²) in [6, 6.07) is 0. The number of nitrogens with zero attached hydrogens (tertiary/aromatic N) is 1. The van der Waals surface area contributed by atoms with E-state index in [9.17, 15) is 0 Å². The fourth-order valence-electron chi connectivity index (χ4n) is 1.96. The summed E-state index contributed by atoms with van der Waals surface area (Å²) < 4.78 is 0. The quantitative estimate of drug-likeness (QED) is 0.787. The summed E-state index contributed by atoms with van der Waals surface area (Å²) in [5.41, 5.74) is 0.484. The zero-order valence-electron chi connectivity index (χ0n) is 8.21. The summed E-state index contributed by atoms with van der Waals surface area (Å²) in [6.07, 6.45) is 7.77. The normalized spacial score (nSPS) is 26.5. The molecular weight excluding hydrogens is 180 g/mol. The monoisotopic (exact) mass is 196 g/mol. The standard InChI is InChI=1S/C10H16N2S/c1-10(2)5-3-4-8(10)13-9-11-6-7-12-9/h6-8H,3-5H2,1-2H3,(H,11,12). The average molecular weight is 196 g/mol. The molecule has 2 rings (SSSR count). The van der Waals surface area contributed by atoms with Crippen LogP contribution in [0.4, 0.5) is 0 Å². The van der Waals surface area contributed by atoms with E-state index in [2.05, 4.69) is 23.8 Å². The van der Waals surface area contributed by atoms with Crippen LogP contribution in [0, 0.1) is 5.41 Å². The Balaban J connectivity index is 2.02. The predicted octanol–water partition coefficient (Wildman–Crippen LogP) is 3.08. The number of thioether (sulfide) groups is 1. The third-order valence-electron chi connectivity index (χ3n) is 2.89. The molecule has 0 radical (unpaired) electrons. The van der Waals surface area contributed by atoms with Gasteiger partial charge >= 0.3 is 0 Å². The van der Waals surface area contributed by atoms with Crippen LogP contribution in [-0.2, 0) is 0 Å². The molecule has 2 nitrogen and oxygen atoms in total. The number of imidazole rings is 1. The topological polar surface area (TPSA) is 28.7 Å². The number of H-pyrrole nitrogens is 1. The molecule has 1 fully saturated rings. The molecule has 1 aliphatic carbocycles. The van der Waals surface area contributed by atoms with Gasteiger partial charge in [0.25, 0.3) is 0 Å². The van der Waals surface area contributed by atoms with Gasteiger partial charge in [0.2, 0.25) is 0 Å². The van der Waals surface area contributed by atoms with Crippen molar-refractivity contribution in [3.63, 3.8) is 0 Å². The zero-order valence-corrected chi connectivity index (χ0v) is 9.03. The Hall–Kier alpha value is -0.440. The second-order valence-electron chi connectivity index (χ2n) is 4.38. The van der Waals surface area contributed by atoms with Gasteiger partial charge in [0.05, 0.1) is 0 Å². The average Bonchev–Trinajstić information content (AvgIpc) is 2.63. The maximum Gasteiger partial charge on any atom is 0.165 e. The molecule has 0 aromatic carbocycles. The van der Waals surface area contributed by atoms with Gasteiger partial charge in [-0.25, -0.2) is 4.98 Å². The second-order valence-corrected chi connectivity index (χ2v) is 5.57. The summed E-state index contributed by atoms with van der Waals surface area (Å²) in [7, 11) is 0. The Labute approximate surface area is 83.5 Å². The number of rotatable bonds is 2. The van der Waals surface area contributed by atoms with Crippen LogP contribution in [0.3, 0.4) is 0 Å². The molecule has 0 bridgehead atoms. The first-order valence-electron chi connectivity index (χ1n) is 4.84. The zero-order chi connectivity index (χ0) is 9.31. The number of hydrogen-bond donors (Lipinski definition) is 1. The SMILES string of the molecule is CC1(C)CCCC1Sc1ncc[nH]1. The fourth-order valence-corrected chi connectivity index (χ4v) is 3.21. The number of aromatic amines is 1. The molecule has 1 aromatic rings. The number of nitrogens with one attached hydrogen (secondary N) is 1. The third kappa shape index (κ3) is 1.90. The molecule has 0 spiro atoms. The second kappa shape index (κ2) is 3.37. The van der Waals surface area contributed by atoms with Crippen molar-refractivity contribution >= 4 is 11.8 Å². The molecule has 13 heavy (non-hydrogen) atoms. The molecule has 1 unspecified atom stereocenters. The van der Waals surface area contributed by atoms with E-state index in [1.165, 1.54) is 19.3 Å². The van der Waals surface area contributed by atoms with Crippen molar-refractivity contribution in [2.75, 3.05) is 0 Å². The van der Waals surface area contributed by atoms with E-state index >= 15 is 0 Å². The third-order valence-corrected chi connectivity index (χ3v) is 4.49. The van der Waals surface area contributed by atoms with Crippen LogP contribution in [0.1, 0.15) is 33.1 Å². The van der Waals surface area contributed by atoms with Crippen molar-refractivity contribution < 1.29 is 0 Å². The van der Waals surface area contributed by atoms with E-state index in [0.29, 0.717) is 5.41 Å². The molecule has 72 valence electrons. The lowest BCUT2D eigenvalue weighted by Crippen LogP contribution is -2.19. The summed E-state index contributed by atoms with van der Waals surface area (Å²) >= 11 is 1.90. The van der Waals surface area contributed by atoms with Crippen LogP contribution >= 0.6 is 11.8 Å². The summed E-state index contributed by atoms with van der Waals surface area (Å²) in [6.45, 7) is 4.72. The molecule has 1 aromatic heterocycles. The molecule has 1 N–H and O–H groups in total. The lowest BCUT2D eigenvalue weighted by Gasteiger charge is -2.25. The van der Waals surface area contributed by atoms with Crippen molar-refractivity contribution in [1.82, 2.24) is 9.97 Å². The fraction of sp³-hybridized carbons (Fsp3) is 0.700. The van der Waals surface area contributed by atoms with E-state index in [1.54, 1.807) is 0 Å². The molecule has 1 saturated carbocycles. The summed E-state index contributed by atoms with van der Waals surface area (Å²) in [5.74, 6) is 0. The van der Waals surface area contributed by atoms with Crippen LogP contribution in [0.2, 0.25) is 0 Å². The maximum absolute atomic E-state index is 4.25. The van der Waals surface area contributed by atoms with Crippen LogP contribution in [0.5, 0.6) is 0 Å². The summed E-state index contributed by atoms with van der Waals surface area (Å²) in [5, 5.41) is 1.80. The van der Waals surface area contributed by atoms with Gasteiger partial charge in [-0.3, -0.25) is 0 Å². The maximum atomic E-state index is 4.25. The highest BCUT2D eigenvalue weighted by atomic mass is 32.2. The molecular formula is C10H16N2S. The minimum absolute atomic E-state index is 0.484. The van der Waals surface area contributed by atoms with Crippen LogP contribution in [0.15, 0.2) is 17.6 Å². The molecule has 1 aliphatic rings. The van der Waals surface area contributed by atoms with Crippen LogP contribution < -0.4 is 0 Å². The molecule has 0 aliphatic heterocycles. The summed E-state index contributed by atoms with van der Waals surface area (Å²) in [4.78, 5) is 7.41. The highest BCUT2D eigenvalue weighted by Crippen LogP contribution is 2.45. The first-order valence-corrected chi connectivity index (χ1v) is 5.72. The number of hydrogen-bond acceptors (Lipinski definition) is 2. The Bertz CT molecular complexity index is 266. The Kier molecular flexibility index (Phi) is 2.37. The van der Waals surface area contributed by atoms with Crippen LogP contribution in [-0.4, -0.2) is 15.2 Å². The number of aromatic nitrogens is 2. The Morgan fingerprint density at radius 1 is 1.62 bits per heavy atom. The van der Waals surface area contributed by atoms with Crippen molar-refractivity contribution in [3.8, 4) is 0 Å².